The highest BCUT2D eigenvalue weighted by Gasteiger charge is 2.09. The Labute approximate surface area is 96.9 Å². The Morgan fingerprint density at radius 3 is 2.75 bits per heavy atom. The van der Waals surface area contributed by atoms with Crippen LogP contribution in [0.15, 0.2) is 35.3 Å². The summed E-state index contributed by atoms with van der Waals surface area (Å²) in [5, 5.41) is 0.254. The van der Waals surface area contributed by atoms with Crippen LogP contribution in [0.3, 0.4) is 0 Å². The first-order valence-electron chi connectivity index (χ1n) is 4.60. The van der Waals surface area contributed by atoms with Gasteiger partial charge in [-0.15, -0.1) is 0 Å². The maximum atomic E-state index is 10.9. The number of aromatic amines is 1. The highest BCUT2D eigenvalue weighted by atomic mass is 35.5. The molecule has 0 saturated heterocycles. The normalized spacial score (nSPS) is 10.1. The molecule has 0 atom stereocenters. The van der Waals surface area contributed by atoms with Gasteiger partial charge in [0.05, 0.1) is 7.11 Å². The van der Waals surface area contributed by atoms with E-state index in [9.17, 15) is 4.79 Å². The zero-order valence-electron chi connectivity index (χ0n) is 8.53. The maximum Gasteiger partial charge on any atom is 0.346 e. The molecule has 0 fully saturated rings. The van der Waals surface area contributed by atoms with Crippen molar-refractivity contribution >= 4 is 11.6 Å². The first-order chi connectivity index (χ1) is 7.72. The van der Waals surface area contributed by atoms with Crippen LogP contribution in [-0.2, 0) is 0 Å². The molecule has 4 nitrogen and oxygen atoms in total. The lowest BCUT2D eigenvalue weighted by molar-refractivity contribution is 0.416. The molecular weight excluding hydrogens is 228 g/mol. The van der Waals surface area contributed by atoms with Crippen molar-refractivity contribution in [2.24, 2.45) is 0 Å². The molecule has 0 aliphatic rings. The molecule has 16 heavy (non-hydrogen) atoms. The fourth-order valence-corrected chi connectivity index (χ4v) is 1.66. The van der Waals surface area contributed by atoms with E-state index in [1.807, 2.05) is 24.3 Å². The van der Waals surface area contributed by atoms with Gasteiger partial charge in [0.25, 0.3) is 0 Å². The lowest BCUT2D eigenvalue weighted by Crippen LogP contribution is -2.09. The van der Waals surface area contributed by atoms with Gasteiger partial charge in [-0.05, 0) is 6.07 Å². The van der Waals surface area contributed by atoms with Crippen molar-refractivity contribution in [3.8, 4) is 16.9 Å². The van der Waals surface area contributed by atoms with E-state index in [1.54, 1.807) is 7.11 Å². The van der Waals surface area contributed by atoms with Crippen LogP contribution in [0, 0.1) is 0 Å². The summed E-state index contributed by atoms with van der Waals surface area (Å²) in [7, 11) is 1.58. The molecule has 0 saturated carbocycles. The van der Waals surface area contributed by atoms with Crippen molar-refractivity contribution in [3.63, 3.8) is 0 Å². The predicted molar refractivity (Wildman–Crippen MR) is 61.9 cm³/mol. The van der Waals surface area contributed by atoms with Crippen LogP contribution in [0.1, 0.15) is 0 Å². The number of H-pyrrole nitrogens is 1. The molecule has 2 aromatic rings. The fraction of sp³-hybridized carbons (Fsp3) is 0.0909. The molecule has 2 rings (SSSR count). The molecule has 82 valence electrons. The SMILES string of the molecule is COc1ccccc1-c1cnc(=O)[nH]c1Cl. The minimum Gasteiger partial charge on any atom is -0.496 e. The molecule has 0 spiro atoms. The lowest BCUT2D eigenvalue weighted by atomic mass is 10.1. The molecule has 0 aliphatic heterocycles. The number of ether oxygens (including phenoxy) is 1. The Kier molecular flexibility index (Phi) is 2.92. The van der Waals surface area contributed by atoms with Gasteiger partial charge in [0.1, 0.15) is 10.9 Å². The number of benzene rings is 1. The molecule has 0 amide bonds. The second-order valence-corrected chi connectivity index (χ2v) is 3.49. The molecule has 0 unspecified atom stereocenters. The van der Waals surface area contributed by atoms with Crippen molar-refractivity contribution in [3.05, 3.63) is 46.1 Å². The van der Waals surface area contributed by atoms with Gasteiger partial charge in [-0.3, -0.25) is 4.98 Å². The quantitative estimate of drug-likeness (QED) is 0.813. The summed E-state index contributed by atoms with van der Waals surface area (Å²) in [6.07, 6.45) is 1.43. The number of nitrogens with one attached hydrogen (secondary N) is 1. The molecule has 1 aromatic heterocycles. The second-order valence-electron chi connectivity index (χ2n) is 3.12. The number of hydrogen-bond donors (Lipinski definition) is 1. The Balaban J connectivity index is 2.63. The minimum absolute atomic E-state index is 0.254. The van der Waals surface area contributed by atoms with Crippen LogP contribution in [-0.4, -0.2) is 17.1 Å². The average Bonchev–Trinajstić information content (AvgIpc) is 2.29. The Bertz CT molecular complexity index is 566. The number of aromatic nitrogens is 2. The molecule has 0 radical (unpaired) electrons. The summed E-state index contributed by atoms with van der Waals surface area (Å²) >= 11 is 5.94. The first-order valence-corrected chi connectivity index (χ1v) is 4.98. The van der Waals surface area contributed by atoms with Crippen LogP contribution in [0.2, 0.25) is 5.15 Å². The molecule has 0 bridgehead atoms. The van der Waals surface area contributed by atoms with Crippen LogP contribution in [0.25, 0.3) is 11.1 Å². The van der Waals surface area contributed by atoms with Crippen molar-refractivity contribution in [2.45, 2.75) is 0 Å². The van der Waals surface area contributed by atoms with Gasteiger partial charge in [0, 0.05) is 17.3 Å². The number of halogens is 1. The summed E-state index contributed by atoms with van der Waals surface area (Å²) in [6, 6.07) is 7.38. The van der Waals surface area contributed by atoms with E-state index in [0.29, 0.717) is 11.3 Å². The van der Waals surface area contributed by atoms with Gasteiger partial charge >= 0.3 is 5.69 Å². The number of hydrogen-bond acceptors (Lipinski definition) is 3. The molecule has 1 aromatic carbocycles. The van der Waals surface area contributed by atoms with Crippen LogP contribution in [0.4, 0.5) is 0 Å². The highest BCUT2D eigenvalue weighted by Crippen LogP contribution is 2.32. The monoisotopic (exact) mass is 236 g/mol. The zero-order valence-corrected chi connectivity index (χ0v) is 9.28. The Hall–Kier alpha value is -1.81. The Morgan fingerprint density at radius 1 is 1.31 bits per heavy atom. The van der Waals surface area contributed by atoms with E-state index in [-0.39, 0.29) is 5.15 Å². The summed E-state index contributed by atoms with van der Waals surface area (Å²) in [4.78, 5) is 17.0. The van der Waals surface area contributed by atoms with E-state index in [1.165, 1.54) is 6.20 Å². The lowest BCUT2D eigenvalue weighted by Gasteiger charge is -2.08. The summed E-state index contributed by atoms with van der Waals surface area (Å²) in [5.74, 6) is 0.679. The number of nitrogens with zero attached hydrogens (tertiary/aromatic N) is 1. The van der Waals surface area contributed by atoms with Crippen LogP contribution < -0.4 is 10.4 Å². The van der Waals surface area contributed by atoms with Crippen molar-refractivity contribution < 1.29 is 4.74 Å². The fourth-order valence-electron chi connectivity index (χ4n) is 1.43. The van der Waals surface area contributed by atoms with Gasteiger partial charge in [-0.2, -0.15) is 0 Å². The minimum atomic E-state index is -0.469. The van der Waals surface area contributed by atoms with Crippen LogP contribution in [0.5, 0.6) is 5.75 Å². The maximum absolute atomic E-state index is 10.9. The molecule has 1 heterocycles. The van der Waals surface area contributed by atoms with Gasteiger partial charge in [-0.25, -0.2) is 9.78 Å². The second kappa shape index (κ2) is 4.37. The van der Waals surface area contributed by atoms with Gasteiger partial charge < -0.3 is 4.74 Å². The predicted octanol–water partition coefficient (Wildman–Crippen LogP) is 2.10. The summed E-state index contributed by atoms with van der Waals surface area (Å²) in [5.41, 5.74) is 0.959. The topological polar surface area (TPSA) is 55.0 Å². The van der Waals surface area contributed by atoms with Gasteiger partial charge in [0.2, 0.25) is 0 Å². The molecule has 1 N–H and O–H groups in total. The molecular formula is C11H9ClN2O2. The van der Waals surface area contributed by atoms with Gasteiger partial charge in [0.15, 0.2) is 0 Å². The van der Waals surface area contributed by atoms with E-state index >= 15 is 0 Å². The highest BCUT2D eigenvalue weighted by molar-refractivity contribution is 6.32. The molecule has 0 aliphatic carbocycles. The smallest absolute Gasteiger partial charge is 0.346 e. The van der Waals surface area contributed by atoms with E-state index in [0.717, 1.165) is 5.56 Å². The third-order valence-corrected chi connectivity index (χ3v) is 2.46. The number of methoxy groups -OCH3 is 1. The van der Waals surface area contributed by atoms with Gasteiger partial charge in [-0.1, -0.05) is 29.8 Å². The molecule has 5 heteroatoms. The van der Waals surface area contributed by atoms with E-state index in [2.05, 4.69) is 9.97 Å². The van der Waals surface area contributed by atoms with Crippen molar-refractivity contribution in [1.29, 1.82) is 0 Å². The van der Waals surface area contributed by atoms with Crippen molar-refractivity contribution in [2.75, 3.05) is 7.11 Å². The standard InChI is InChI=1S/C11H9ClN2O2/c1-16-9-5-3-2-4-7(9)8-6-13-11(15)14-10(8)12/h2-6H,1H3,(H,13,14,15). The van der Waals surface area contributed by atoms with Crippen molar-refractivity contribution in [1.82, 2.24) is 9.97 Å². The summed E-state index contributed by atoms with van der Waals surface area (Å²) < 4.78 is 5.21. The van der Waals surface area contributed by atoms with E-state index < -0.39 is 5.69 Å². The third kappa shape index (κ3) is 1.92. The third-order valence-electron chi connectivity index (χ3n) is 2.16. The first kappa shape index (κ1) is 10.7. The van der Waals surface area contributed by atoms with Crippen LogP contribution >= 0.6 is 11.6 Å². The average molecular weight is 237 g/mol. The largest absolute Gasteiger partial charge is 0.496 e. The Morgan fingerprint density at radius 2 is 2.06 bits per heavy atom. The summed E-state index contributed by atoms with van der Waals surface area (Å²) in [6.45, 7) is 0. The van der Waals surface area contributed by atoms with E-state index in [4.69, 9.17) is 16.3 Å². The zero-order chi connectivity index (χ0) is 11.5. The number of para-hydroxylation sites is 1. The number of rotatable bonds is 2.